The van der Waals surface area contributed by atoms with Gasteiger partial charge in [-0.25, -0.2) is 9.78 Å². The van der Waals surface area contributed by atoms with Gasteiger partial charge in [-0.3, -0.25) is 14.4 Å². The number of benzene rings is 2. The van der Waals surface area contributed by atoms with E-state index < -0.39 is 35.9 Å². The second-order valence-corrected chi connectivity index (χ2v) is 11.0. The number of fused-ring (bicyclic) bond motifs is 1. The van der Waals surface area contributed by atoms with Gasteiger partial charge in [-0.05, 0) is 48.4 Å². The van der Waals surface area contributed by atoms with Crippen LogP contribution in [0.4, 0.5) is 4.79 Å². The molecule has 0 radical (unpaired) electrons. The summed E-state index contributed by atoms with van der Waals surface area (Å²) in [5.41, 5.74) is 1.92. The average molecular weight is 574 g/mol. The number of nitrogens with zero attached hydrogens (tertiary/aromatic N) is 3. The van der Waals surface area contributed by atoms with Crippen molar-refractivity contribution in [3.63, 3.8) is 0 Å². The maximum atomic E-state index is 13.6. The first-order valence-electron chi connectivity index (χ1n) is 14.0. The second-order valence-electron chi connectivity index (χ2n) is 11.0. The van der Waals surface area contributed by atoms with Gasteiger partial charge >= 0.3 is 6.09 Å². The molecule has 0 unspecified atom stereocenters. The first kappa shape index (κ1) is 30.2. The molecular weight excluding hydrogens is 538 g/mol. The lowest BCUT2D eigenvalue weighted by atomic mass is 9.98. The van der Waals surface area contributed by atoms with Crippen LogP contribution in [-0.4, -0.2) is 58.2 Å². The molecule has 2 heterocycles. The van der Waals surface area contributed by atoms with Crippen molar-refractivity contribution in [2.24, 2.45) is 11.8 Å². The quantitative estimate of drug-likeness (QED) is 0.345. The molecule has 2 N–H and O–H groups in total. The number of oxazole rings is 1. The van der Waals surface area contributed by atoms with Crippen molar-refractivity contribution in [2.45, 2.75) is 65.3 Å². The number of hydrogen-bond donors (Lipinski definition) is 2. The summed E-state index contributed by atoms with van der Waals surface area (Å²) >= 11 is 0. The lowest BCUT2D eigenvalue weighted by Crippen LogP contribution is -2.57. The number of nitrogens with one attached hydrogen (secondary N) is 2. The lowest BCUT2D eigenvalue weighted by molar-refractivity contribution is -0.141. The summed E-state index contributed by atoms with van der Waals surface area (Å²) < 4.78 is 10.9. The molecule has 0 bridgehead atoms. The number of ether oxygens (including phenoxy) is 1. The molecule has 3 amide bonds. The van der Waals surface area contributed by atoms with Gasteiger partial charge < -0.3 is 24.7 Å². The van der Waals surface area contributed by atoms with Gasteiger partial charge in [0.25, 0.3) is 5.89 Å². The molecule has 1 saturated heterocycles. The minimum atomic E-state index is -0.953. The highest BCUT2D eigenvalue weighted by atomic mass is 16.5. The van der Waals surface area contributed by atoms with Crippen molar-refractivity contribution in [3.8, 4) is 6.07 Å². The van der Waals surface area contributed by atoms with Gasteiger partial charge in [0, 0.05) is 6.54 Å². The molecule has 4 rings (SSSR count). The smallest absolute Gasteiger partial charge is 0.408 e. The number of aromatic nitrogens is 1. The third-order valence-corrected chi connectivity index (χ3v) is 7.23. The summed E-state index contributed by atoms with van der Waals surface area (Å²) in [5, 5.41) is 14.6. The Morgan fingerprint density at radius 3 is 2.43 bits per heavy atom. The van der Waals surface area contributed by atoms with E-state index in [0.29, 0.717) is 36.0 Å². The Kier molecular flexibility index (Phi) is 9.57. The molecule has 220 valence electrons. The molecule has 0 aliphatic carbocycles. The minimum Gasteiger partial charge on any atom is -0.445 e. The SMILES string of the molecule is CC(C)[C@H](NC(=O)[C@@H]1CCCN1C(=O)[C@@H](NC(=O)OCc1ccccc1)C(C)C)C(=O)c1nc2cc(C#N)ccc2o1. The molecular formula is C31H35N5O6. The number of amides is 3. The molecule has 0 spiro atoms. The van der Waals surface area contributed by atoms with Gasteiger partial charge in [-0.15, -0.1) is 0 Å². The zero-order valence-electron chi connectivity index (χ0n) is 24.1. The topological polar surface area (TPSA) is 155 Å². The second kappa shape index (κ2) is 13.3. The largest absolute Gasteiger partial charge is 0.445 e. The Bertz CT molecular complexity index is 1490. The van der Waals surface area contributed by atoms with Crippen molar-refractivity contribution in [3.05, 3.63) is 65.5 Å². The van der Waals surface area contributed by atoms with Gasteiger partial charge in [0.2, 0.25) is 17.6 Å². The van der Waals surface area contributed by atoms with Crippen LogP contribution in [0.5, 0.6) is 0 Å². The van der Waals surface area contributed by atoms with Crippen LogP contribution >= 0.6 is 0 Å². The van der Waals surface area contributed by atoms with Crippen LogP contribution in [0.15, 0.2) is 52.9 Å². The number of rotatable bonds is 10. The van der Waals surface area contributed by atoms with Gasteiger partial charge in [0.05, 0.1) is 17.7 Å². The molecule has 11 nitrogen and oxygen atoms in total. The Morgan fingerprint density at radius 2 is 1.76 bits per heavy atom. The maximum absolute atomic E-state index is 13.6. The van der Waals surface area contributed by atoms with E-state index >= 15 is 0 Å². The fourth-order valence-electron chi connectivity index (χ4n) is 4.91. The number of carbonyl (C=O) groups excluding carboxylic acids is 4. The fraction of sp³-hybridized carbons (Fsp3) is 0.419. The standard InChI is InChI=1S/C31H35N5O6/c1-18(2)25(27(37)29-33-22-15-21(16-32)12-13-24(22)42-29)34-28(38)23-11-8-14-36(23)30(39)26(19(3)4)35-31(40)41-17-20-9-6-5-7-10-20/h5-7,9-10,12-13,15,18-19,23,25-26H,8,11,14,17H2,1-4H3,(H,34,38)(H,35,40)/t23-,25-,26-/m0/s1. The predicted octanol–water partition coefficient (Wildman–Crippen LogP) is 3.96. The summed E-state index contributed by atoms with van der Waals surface area (Å²) in [6, 6.07) is 13.2. The van der Waals surface area contributed by atoms with Crippen molar-refractivity contribution < 1.29 is 28.3 Å². The Labute approximate surface area is 244 Å². The molecule has 1 aliphatic heterocycles. The fourth-order valence-corrected chi connectivity index (χ4v) is 4.91. The number of carbonyl (C=O) groups is 4. The van der Waals surface area contributed by atoms with Crippen molar-refractivity contribution in [1.82, 2.24) is 20.5 Å². The van der Waals surface area contributed by atoms with E-state index in [1.165, 1.54) is 11.0 Å². The number of hydrogen-bond acceptors (Lipinski definition) is 8. The maximum Gasteiger partial charge on any atom is 0.408 e. The molecule has 3 aromatic rings. The van der Waals surface area contributed by atoms with Crippen LogP contribution in [-0.2, 0) is 20.9 Å². The van der Waals surface area contributed by atoms with Crippen molar-refractivity contribution in [1.29, 1.82) is 5.26 Å². The first-order chi connectivity index (χ1) is 20.1. The third-order valence-electron chi connectivity index (χ3n) is 7.23. The van der Waals surface area contributed by atoms with E-state index in [0.717, 1.165) is 5.56 Å². The molecule has 1 fully saturated rings. The van der Waals surface area contributed by atoms with Gasteiger partial charge in [-0.2, -0.15) is 5.26 Å². The van der Waals surface area contributed by atoms with E-state index in [1.54, 1.807) is 39.8 Å². The highest BCUT2D eigenvalue weighted by molar-refractivity contribution is 6.01. The van der Waals surface area contributed by atoms with E-state index in [2.05, 4.69) is 15.6 Å². The van der Waals surface area contributed by atoms with Gasteiger partial charge in [0.15, 0.2) is 5.58 Å². The van der Waals surface area contributed by atoms with E-state index in [9.17, 15) is 19.2 Å². The number of likely N-dealkylation sites (tertiary alicyclic amines) is 1. The molecule has 42 heavy (non-hydrogen) atoms. The number of Topliss-reactive ketones (excluding diaryl/α,β-unsaturated/α-hetero) is 1. The zero-order valence-corrected chi connectivity index (χ0v) is 24.1. The minimum absolute atomic E-state index is 0.0601. The number of alkyl carbamates (subject to hydrolysis) is 1. The Hall–Kier alpha value is -4.72. The van der Waals surface area contributed by atoms with Crippen LogP contribution in [0.2, 0.25) is 0 Å². The summed E-state index contributed by atoms with van der Waals surface area (Å²) in [7, 11) is 0. The summed E-state index contributed by atoms with van der Waals surface area (Å²) in [6.45, 7) is 7.59. The van der Waals surface area contributed by atoms with E-state index in [-0.39, 0.29) is 30.2 Å². The lowest BCUT2D eigenvalue weighted by Gasteiger charge is -2.31. The summed E-state index contributed by atoms with van der Waals surface area (Å²) in [6.07, 6.45) is 0.288. The van der Waals surface area contributed by atoms with Crippen LogP contribution in [0, 0.1) is 23.2 Å². The zero-order chi connectivity index (χ0) is 30.4. The van der Waals surface area contributed by atoms with Crippen molar-refractivity contribution >= 4 is 34.8 Å². The van der Waals surface area contributed by atoms with Crippen LogP contribution in [0.1, 0.15) is 62.3 Å². The molecule has 1 aliphatic rings. The average Bonchev–Trinajstić information content (AvgIpc) is 3.64. The van der Waals surface area contributed by atoms with Gasteiger partial charge in [-0.1, -0.05) is 58.0 Å². The third kappa shape index (κ3) is 6.94. The Balaban J connectivity index is 1.43. The number of nitriles is 1. The molecule has 1 aromatic heterocycles. The highest BCUT2D eigenvalue weighted by Crippen LogP contribution is 2.23. The monoisotopic (exact) mass is 573 g/mol. The summed E-state index contributed by atoms with van der Waals surface area (Å²) in [4.78, 5) is 58.7. The number of ketones is 1. The normalized spacial score (nSPS) is 16.2. The molecule has 3 atom stereocenters. The summed E-state index contributed by atoms with van der Waals surface area (Å²) in [5.74, 6) is -2.11. The van der Waals surface area contributed by atoms with E-state index in [1.807, 2.05) is 36.4 Å². The highest BCUT2D eigenvalue weighted by Gasteiger charge is 2.40. The van der Waals surface area contributed by atoms with Crippen LogP contribution in [0.3, 0.4) is 0 Å². The van der Waals surface area contributed by atoms with Gasteiger partial charge in [0.1, 0.15) is 24.2 Å². The first-order valence-corrected chi connectivity index (χ1v) is 14.0. The molecule has 0 saturated carbocycles. The predicted molar refractivity (Wildman–Crippen MR) is 153 cm³/mol. The van der Waals surface area contributed by atoms with E-state index in [4.69, 9.17) is 14.4 Å². The molecule has 2 aromatic carbocycles. The Morgan fingerprint density at radius 1 is 1.05 bits per heavy atom. The van der Waals surface area contributed by atoms with Crippen molar-refractivity contribution in [2.75, 3.05) is 6.54 Å². The van der Waals surface area contributed by atoms with Crippen LogP contribution in [0.25, 0.3) is 11.1 Å². The van der Waals surface area contributed by atoms with Crippen LogP contribution < -0.4 is 10.6 Å². The molecule has 11 heteroatoms.